The topological polar surface area (TPSA) is 32.3 Å². The quantitative estimate of drug-likeness (QED) is 0.711. The Labute approximate surface area is 94.5 Å². The molecule has 1 unspecified atom stereocenters. The van der Waals surface area contributed by atoms with Crippen molar-refractivity contribution in [2.45, 2.75) is 58.4 Å². The summed E-state index contributed by atoms with van der Waals surface area (Å²) in [5.74, 6) is 1.33. The average molecular weight is 213 g/mol. The molecule has 0 amide bonds. The van der Waals surface area contributed by atoms with Crippen molar-refractivity contribution in [1.29, 1.82) is 0 Å². The predicted molar refractivity (Wildman–Crippen MR) is 64.9 cm³/mol. The van der Waals surface area contributed by atoms with Crippen LogP contribution in [0.15, 0.2) is 0 Å². The van der Waals surface area contributed by atoms with Crippen molar-refractivity contribution >= 4 is 0 Å². The molecule has 0 radical (unpaired) electrons. The van der Waals surface area contributed by atoms with Crippen LogP contribution in [0.5, 0.6) is 0 Å². The Morgan fingerprint density at radius 1 is 1.20 bits per heavy atom. The minimum absolute atomic E-state index is 0.379. The third-order valence-electron chi connectivity index (χ3n) is 3.62. The summed E-state index contributed by atoms with van der Waals surface area (Å²) in [6, 6.07) is 0.565. The molecule has 1 aliphatic carbocycles. The highest BCUT2D eigenvalue weighted by atomic mass is 16.3. The van der Waals surface area contributed by atoms with E-state index < -0.39 is 0 Å². The maximum atomic E-state index is 9.42. The van der Waals surface area contributed by atoms with Gasteiger partial charge >= 0.3 is 0 Å². The molecule has 2 N–H and O–H groups in total. The third-order valence-corrected chi connectivity index (χ3v) is 3.62. The summed E-state index contributed by atoms with van der Waals surface area (Å²) in [5, 5.41) is 12.9. The Morgan fingerprint density at radius 3 is 2.40 bits per heavy atom. The highest BCUT2D eigenvalue weighted by Crippen LogP contribution is 2.31. The van der Waals surface area contributed by atoms with Crippen molar-refractivity contribution < 1.29 is 5.11 Å². The van der Waals surface area contributed by atoms with Crippen molar-refractivity contribution in [3.05, 3.63) is 0 Å². The molecule has 15 heavy (non-hydrogen) atoms. The zero-order chi connectivity index (χ0) is 11.1. The lowest BCUT2D eigenvalue weighted by molar-refractivity contribution is 0.139. The Bertz CT molecular complexity index is 153. The van der Waals surface area contributed by atoms with Crippen molar-refractivity contribution in [2.75, 3.05) is 13.2 Å². The molecule has 0 bridgehead atoms. The van der Waals surface area contributed by atoms with Crippen LogP contribution in [0.1, 0.15) is 52.4 Å². The Balaban J connectivity index is 2.21. The average Bonchev–Trinajstić information content (AvgIpc) is 2.25. The van der Waals surface area contributed by atoms with Gasteiger partial charge in [-0.1, -0.05) is 46.0 Å². The molecule has 1 fully saturated rings. The van der Waals surface area contributed by atoms with Crippen molar-refractivity contribution in [3.63, 3.8) is 0 Å². The maximum Gasteiger partial charge on any atom is 0.0462 e. The molecule has 90 valence electrons. The molecule has 0 heterocycles. The summed E-state index contributed by atoms with van der Waals surface area (Å²) in [6.07, 6.45) is 7.97. The zero-order valence-corrected chi connectivity index (χ0v) is 10.3. The second-order valence-electron chi connectivity index (χ2n) is 5.24. The van der Waals surface area contributed by atoms with Gasteiger partial charge in [0.05, 0.1) is 0 Å². The van der Waals surface area contributed by atoms with Gasteiger partial charge in [-0.25, -0.2) is 0 Å². The van der Waals surface area contributed by atoms with Gasteiger partial charge in [0.1, 0.15) is 0 Å². The van der Waals surface area contributed by atoms with E-state index in [1.54, 1.807) is 0 Å². The Morgan fingerprint density at radius 2 is 1.87 bits per heavy atom. The van der Waals surface area contributed by atoms with Gasteiger partial charge in [-0.15, -0.1) is 0 Å². The molecule has 0 spiro atoms. The summed E-state index contributed by atoms with van der Waals surface area (Å²) in [7, 11) is 0. The summed E-state index contributed by atoms with van der Waals surface area (Å²) < 4.78 is 0. The number of hydrogen-bond donors (Lipinski definition) is 2. The highest BCUT2D eigenvalue weighted by molar-refractivity contribution is 4.74. The zero-order valence-electron chi connectivity index (χ0n) is 10.3. The number of rotatable bonds is 6. The second kappa shape index (κ2) is 7.24. The third kappa shape index (κ3) is 4.98. The fourth-order valence-electron chi connectivity index (χ4n) is 2.64. The molecular weight excluding hydrogens is 186 g/mol. The van der Waals surface area contributed by atoms with Crippen LogP contribution < -0.4 is 5.32 Å². The van der Waals surface area contributed by atoms with E-state index >= 15 is 0 Å². The van der Waals surface area contributed by atoms with E-state index in [2.05, 4.69) is 19.2 Å². The Hall–Kier alpha value is -0.0800. The van der Waals surface area contributed by atoms with Gasteiger partial charge < -0.3 is 10.4 Å². The van der Waals surface area contributed by atoms with E-state index in [9.17, 15) is 5.11 Å². The van der Waals surface area contributed by atoms with E-state index in [4.69, 9.17) is 0 Å². The first-order valence-corrected chi connectivity index (χ1v) is 6.58. The van der Waals surface area contributed by atoms with Gasteiger partial charge in [0.2, 0.25) is 0 Å². The molecule has 0 aliphatic heterocycles. The van der Waals surface area contributed by atoms with Crippen LogP contribution in [0.25, 0.3) is 0 Å². The molecule has 1 atom stereocenters. The first-order chi connectivity index (χ1) is 7.24. The molecule has 0 aromatic carbocycles. The number of hydrogen-bond acceptors (Lipinski definition) is 2. The first-order valence-electron chi connectivity index (χ1n) is 6.58. The van der Waals surface area contributed by atoms with Crippen LogP contribution in [0.2, 0.25) is 0 Å². The molecule has 0 saturated heterocycles. The molecule has 2 nitrogen and oxygen atoms in total. The normalized spacial score (nSPS) is 20.8. The van der Waals surface area contributed by atoms with Gasteiger partial charge in [-0.05, 0) is 24.8 Å². The van der Waals surface area contributed by atoms with Crippen LogP contribution in [0.4, 0.5) is 0 Å². The lowest BCUT2D eigenvalue weighted by Crippen LogP contribution is -2.29. The standard InChI is InChI=1S/C13H27NO/c1-11(2)14-9-8-13(10-15)12-6-4-3-5-7-12/h11-15H,3-10H2,1-2H3. The maximum absolute atomic E-state index is 9.42. The number of nitrogens with one attached hydrogen (secondary N) is 1. The van der Waals surface area contributed by atoms with E-state index in [1.165, 1.54) is 32.1 Å². The molecular formula is C13H27NO. The van der Waals surface area contributed by atoms with Crippen LogP contribution in [0.3, 0.4) is 0 Å². The van der Waals surface area contributed by atoms with Gasteiger partial charge in [0, 0.05) is 12.6 Å². The monoisotopic (exact) mass is 213 g/mol. The van der Waals surface area contributed by atoms with E-state index in [-0.39, 0.29) is 0 Å². The fraction of sp³-hybridized carbons (Fsp3) is 1.00. The van der Waals surface area contributed by atoms with E-state index in [1.807, 2.05) is 0 Å². The van der Waals surface area contributed by atoms with E-state index in [0.717, 1.165) is 18.9 Å². The van der Waals surface area contributed by atoms with Crippen molar-refractivity contribution in [3.8, 4) is 0 Å². The first kappa shape index (κ1) is 13.0. The van der Waals surface area contributed by atoms with E-state index in [0.29, 0.717) is 18.6 Å². The molecule has 1 aliphatic rings. The van der Waals surface area contributed by atoms with Gasteiger partial charge in [0.25, 0.3) is 0 Å². The van der Waals surface area contributed by atoms with Crippen LogP contribution >= 0.6 is 0 Å². The summed E-state index contributed by atoms with van der Waals surface area (Å²) in [5.41, 5.74) is 0. The summed E-state index contributed by atoms with van der Waals surface area (Å²) in [4.78, 5) is 0. The van der Waals surface area contributed by atoms with Gasteiger partial charge in [-0.2, -0.15) is 0 Å². The fourth-order valence-corrected chi connectivity index (χ4v) is 2.64. The van der Waals surface area contributed by atoms with Gasteiger partial charge in [0.15, 0.2) is 0 Å². The summed E-state index contributed by atoms with van der Waals surface area (Å²) >= 11 is 0. The van der Waals surface area contributed by atoms with Crippen molar-refractivity contribution in [2.24, 2.45) is 11.8 Å². The lowest BCUT2D eigenvalue weighted by Gasteiger charge is -2.29. The highest BCUT2D eigenvalue weighted by Gasteiger charge is 2.22. The lowest BCUT2D eigenvalue weighted by atomic mass is 9.79. The number of aliphatic hydroxyl groups excluding tert-OH is 1. The molecule has 0 aromatic rings. The van der Waals surface area contributed by atoms with Crippen LogP contribution in [-0.4, -0.2) is 24.3 Å². The minimum atomic E-state index is 0.379. The number of aliphatic hydroxyl groups is 1. The SMILES string of the molecule is CC(C)NCCC(CO)C1CCCCC1. The van der Waals surface area contributed by atoms with Crippen molar-refractivity contribution in [1.82, 2.24) is 5.32 Å². The van der Waals surface area contributed by atoms with Crippen LogP contribution in [-0.2, 0) is 0 Å². The Kier molecular flexibility index (Phi) is 6.26. The largest absolute Gasteiger partial charge is 0.396 e. The molecule has 1 saturated carbocycles. The predicted octanol–water partition coefficient (Wildman–Crippen LogP) is 2.56. The molecule has 0 aromatic heterocycles. The second-order valence-corrected chi connectivity index (χ2v) is 5.24. The van der Waals surface area contributed by atoms with Gasteiger partial charge in [-0.3, -0.25) is 0 Å². The molecule has 2 heteroatoms. The van der Waals surface area contributed by atoms with Crippen LogP contribution in [0, 0.1) is 11.8 Å². The molecule has 1 rings (SSSR count). The minimum Gasteiger partial charge on any atom is -0.396 e. The smallest absolute Gasteiger partial charge is 0.0462 e. The summed E-state index contributed by atoms with van der Waals surface area (Å²) in [6.45, 7) is 5.78.